The molecule has 0 aliphatic rings. The Kier molecular flexibility index (Phi) is 23.5. The van der Waals surface area contributed by atoms with Crippen molar-refractivity contribution in [3.63, 3.8) is 0 Å². The van der Waals surface area contributed by atoms with Crippen LogP contribution in [0.1, 0.15) is 110 Å². The van der Waals surface area contributed by atoms with E-state index in [9.17, 15) is 8.42 Å². The number of rotatable bonds is 19. The van der Waals surface area contributed by atoms with Gasteiger partial charge in [0.1, 0.15) is 0 Å². The summed E-state index contributed by atoms with van der Waals surface area (Å²) in [5.41, 5.74) is 5.39. The summed E-state index contributed by atoms with van der Waals surface area (Å²) in [5, 5.41) is -0.786. The van der Waals surface area contributed by atoms with Crippen molar-refractivity contribution in [3.8, 4) is 0 Å². The zero-order chi connectivity index (χ0) is 19.5. The van der Waals surface area contributed by atoms with E-state index in [1.807, 2.05) is 0 Å². The third kappa shape index (κ3) is 21.1. The average molecular weight is 414 g/mol. The van der Waals surface area contributed by atoms with E-state index in [1.54, 1.807) is 0 Å². The molecule has 1 unspecified atom stereocenters. The summed E-state index contributed by atoms with van der Waals surface area (Å²) in [5.74, 6) is 0. The van der Waals surface area contributed by atoms with Crippen LogP contribution in [0.4, 0.5) is 0 Å². The van der Waals surface area contributed by atoms with Gasteiger partial charge in [0.15, 0.2) is 0 Å². The maximum absolute atomic E-state index is 11.0. The minimum atomic E-state index is -3.97. The van der Waals surface area contributed by atoms with Gasteiger partial charge in [0.25, 0.3) is 10.1 Å². The molecule has 1 atom stereocenters. The van der Waals surface area contributed by atoms with E-state index in [1.165, 1.54) is 77.0 Å². The van der Waals surface area contributed by atoms with Crippen molar-refractivity contribution in [1.29, 1.82) is 0 Å². The van der Waals surface area contributed by atoms with Crippen LogP contribution >= 0.6 is 0 Å². The molecular formula is C21H44NNaO3S. The van der Waals surface area contributed by atoms with Crippen LogP contribution in [0.25, 0.3) is 0 Å². The summed E-state index contributed by atoms with van der Waals surface area (Å²) in [7, 11) is -3.97. The third-order valence-electron chi connectivity index (χ3n) is 4.97. The Bertz CT molecular complexity index is 427. The number of hydrogen-bond donors (Lipinski definition) is 2. The third-order valence-corrected chi connectivity index (χ3v) is 6.24. The molecule has 0 fully saturated rings. The van der Waals surface area contributed by atoms with Crippen LogP contribution in [-0.4, -0.2) is 54.3 Å². The SMILES string of the molecule is CCCCCCCC/C=C\CCCCCCCCCC(CN)S(=O)(=O)O.[NaH]. The van der Waals surface area contributed by atoms with Crippen LogP contribution in [0.15, 0.2) is 12.2 Å². The molecule has 0 aromatic heterocycles. The van der Waals surface area contributed by atoms with E-state index in [-0.39, 0.29) is 36.1 Å². The van der Waals surface area contributed by atoms with Crippen LogP contribution in [0.2, 0.25) is 0 Å². The van der Waals surface area contributed by atoms with E-state index in [2.05, 4.69) is 19.1 Å². The first-order valence-corrected chi connectivity index (χ1v) is 12.3. The standard InChI is InChI=1S/C21H43NO3S.Na.H/c1-2-3-4-5-6-7-8-9-10-11-12-13-14-15-16-17-18-19-21(20-22)26(23,24)25;;/h9-10,21H,2-8,11-20,22H2,1H3,(H,23,24,25);;/b10-9-;;. The Morgan fingerprint density at radius 3 is 1.59 bits per heavy atom. The molecule has 0 aromatic rings. The van der Waals surface area contributed by atoms with Crippen molar-refractivity contribution in [3.05, 3.63) is 12.2 Å². The molecule has 0 radical (unpaired) electrons. The molecule has 4 nitrogen and oxygen atoms in total. The van der Waals surface area contributed by atoms with E-state index in [0.717, 1.165) is 19.3 Å². The van der Waals surface area contributed by atoms with Gasteiger partial charge in [-0.1, -0.05) is 89.7 Å². The molecule has 0 saturated carbocycles. The molecule has 0 amide bonds. The Labute approximate surface area is 191 Å². The number of nitrogens with two attached hydrogens (primary N) is 1. The summed E-state index contributed by atoms with van der Waals surface area (Å²) in [6.07, 6.45) is 23.8. The van der Waals surface area contributed by atoms with Crippen molar-refractivity contribution in [2.75, 3.05) is 6.54 Å². The van der Waals surface area contributed by atoms with E-state index in [0.29, 0.717) is 6.42 Å². The summed E-state index contributed by atoms with van der Waals surface area (Å²) in [6, 6.07) is 0. The topological polar surface area (TPSA) is 80.4 Å². The van der Waals surface area contributed by atoms with Crippen LogP contribution in [-0.2, 0) is 10.1 Å². The molecule has 0 aliphatic carbocycles. The molecule has 0 spiro atoms. The average Bonchev–Trinajstić information content (AvgIpc) is 2.59. The Hall–Kier alpha value is 0.610. The zero-order valence-corrected chi connectivity index (χ0v) is 17.8. The predicted molar refractivity (Wildman–Crippen MR) is 120 cm³/mol. The Morgan fingerprint density at radius 1 is 0.778 bits per heavy atom. The monoisotopic (exact) mass is 413 g/mol. The molecule has 0 aromatic carbocycles. The maximum atomic E-state index is 11.0. The van der Waals surface area contributed by atoms with Crippen LogP contribution in [0.5, 0.6) is 0 Å². The predicted octanol–water partition coefficient (Wildman–Crippen LogP) is 5.37. The second-order valence-corrected chi connectivity index (χ2v) is 9.15. The van der Waals surface area contributed by atoms with Crippen molar-refractivity contribution in [2.45, 2.75) is 115 Å². The summed E-state index contributed by atoms with van der Waals surface area (Å²) < 4.78 is 31.1. The van der Waals surface area contributed by atoms with Gasteiger partial charge in [0, 0.05) is 6.54 Å². The quantitative estimate of drug-likeness (QED) is 0.129. The molecule has 0 heterocycles. The van der Waals surface area contributed by atoms with E-state index >= 15 is 0 Å². The first kappa shape index (κ1) is 29.8. The molecule has 158 valence electrons. The van der Waals surface area contributed by atoms with Crippen molar-refractivity contribution >= 4 is 39.7 Å². The Balaban J connectivity index is 0. The molecule has 6 heteroatoms. The van der Waals surface area contributed by atoms with Crippen molar-refractivity contribution < 1.29 is 13.0 Å². The fourth-order valence-electron chi connectivity index (χ4n) is 3.18. The fourth-order valence-corrected chi connectivity index (χ4v) is 3.89. The second-order valence-electron chi connectivity index (χ2n) is 7.45. The van der Waals surface area contributed by atoms with E-state index in [4.69, 9.17) is 10.3 Å². The summed E-state index contributed by atoms with van der Waals surface area (Å²) >= 11 is 0. The number of allylic oxidation sites excluding steroid dienone is 2. The first-order chi connectivity index (χ1) is 12.5. The zero-order valence-electron chi connectivity index (χ0n) is 17.0. The van der Waals surface area contributed by atoms with Crippen LogP contribution in [0, 0.1) is 0 Å². The summed E-state index contributed by atoms with van der Waals surface area (Å²) in [4.78, 5) is 0. The van der Waals surface area contributed by atoms with Crippen LogP contribution < -0.4 is 5.73 Å². The normalized spacial score (nSPS) is 13.0. The Morgan fingerprint density at radius 2 is 1.19 bits per heavy atom. The molecular weight excluding hydrogens is 369 g/mol. The fraction of sp³-hybridized carbons (Fsp3) is 0.905. The minimum absolute atomic E-state index is 0. The van der Waals surface area contributed by atoms with Gasteiger partial charge in [-0.05, 0) is 32.1 Å². The molecule has 27 heavy (non-hydrogen) atoms. The molecule has 0 saturated heterocycles. The van der Waals surface area contributed by atoms with Gasteiger partial charge in [-0.2, -0.15) is 8.42 Å². The van der Waals surface area contributed by atoms with Gasteiger partial charge in [-0.3, -0.25) is 4.55 Å². The van der Waals surface area contributed by atoms with Gasteiger partial charge < -0.3 is 5.73 Å². The van der Waals surface area contributed by atoms with Crippen molar-refractivity contribution in [1.82, 2.24) is 0 Å². The molecule has 0 aliphatic heterocycles. The summed E-state index contributed by atoms with van der Waals surface area (Å²) in [6.45, 7) is 2.26. The van der Waals surface area contributed by atoms with Crippen LogP contribution in [0.3, 0.4) is 0 Å². The van der Waals surface area contributed by atoms with E-state index < -0.39 is 15.4 Å². The molecule has 0 bridgehead atoms. The van der Waals surface area contributed by atoms with Gasteiger partial charge >= 0.3 is 29.6 Å². The first-order valence-electron chi connectivity index (χ1n) is 10.8. The molecule has 3 N–H and O–H groups in total. The van der Waals surface area contributed by atoms with Gasteiger partial charge in [-0.15, -0.1) is 0 Å². The van der Waals surface area contributed by atoms with Gasteiger partial charge in [0.2, 0.25) is 0 Å². The number of hydrogen-bond acceptors (Lipinski definition) is 3. The molecule has 0 rings (SSSR count). The van der Waals surface area contributed by atoms with Gasteiger partial charge in [-0.25, -0.2) is 0 Å². The van der Waals surface area contributed by atoms with Crippen molar-refractivity contribution in [2.24, 2.45) is 5.73 Å². The van der Waals surface area contributed by atoms with Gasteiger partial charge in [0.05, 0.1) is 5.25 Å². The second kappa shape index (κ2) is 21.3. The number of unbranched alkanes of at least 4 members (excludes halogenated alkanes) is 13.